The number of benzene rings is 3. The fraction of sp³-hybridized carbons (Fsp3) is 0.353. The number of fused-ring (bicyclic) bond motifs is 2. The van der Waals surface area contributed by atoms with Crippen molar-refractivity contribution in [2.24, 2.45) is 0 Å². The van der Waals surface area contributed by atoms with Crippen LogP contribution < -0.4 is 14.8 Å². The summed E-state index contributed by atoms with van der Waals surface area (Å²) in [5.74, 6) is 1.44. The van der Waals surface area contributed by atoms with Gasteiger partial charge < -0.3 is 24.6 Å². The maximum absolute atomic E-state index is 14.5. The number of ether oxygens (including phenoxy) is 2. The van der Waals surface area contributed by atoms with Gasteiger partial charge in [-0.1, -0.05) is 59.1 Å². The summed E-state index contributed by atoms with van der Waals surface area (Å²) >= 11 is 18.8. The number of piperazine rings is 1. The molecule has 230 valence electrons. The summed E-state index contributed by atoms with van der Waals surface area (Å²) in [6.45, 7) is 3.78. The molecule has 0 radical (unpaired) electrons. The second kappa shape index (κ2) is 13.4. The van der Waals surface area contributed by atoms with Crippen LogP contribution in [0, 0.1) is 0 Å². The second-order valence-corrected chi connectivity index (χ2v) is 12.7. The normalized spacial score (nSPS) is 19.5. The first kappa shape index (κ1) is 30.8. The summed E-state index contributed by atoms with van der Waals surface area (Å²) in [6.07, 6.45) is 2.52. The number of rotatable bonds is 10. The highest BCUT2D eigenvalue weighted by Gasteiger charge is 2.43. The number of nitrogens with zero attached hydrogens (tertiary/aromatic N) is 2. The minimum absolute atomic E-state index is 0.0167. The average molecular weight is 655 g/mol. The van der Waals surface area contributed by atoms with E-state index in [0.29, 0.717) is 65.7 Å². The fourth-order valence-electron chi connectivity index (χ4n) is 5.99. The summed E-state index contributed by atoms with van der Waals surface area (Å²) < 4.78 is 11.7. The Hall–Kier alpha value is -3.23. The molecule has 2 atom stereocenters. The van der Waals surface area contributed by atoms with Crippen molar-refractivity contribution >= 4 is 52.2 Å². The molecule has 44 heavy (non-hydrogen) atoms. The molecule has 1 aliphatic carbocycles. The molecule has 3 aromatic carbocycles. The number of hydrogen-bond donors (Lipinski definition) is 1. The number of carbonyl (C=O) groups excluding carboxylic acids is 2. The maximum Gasteiger partial charge on any atom is 0.252 e. The third-order valence-electron chi connectivity index (χ3n) is 8.34. The van der Waals surface area contributed by atoms with Gasteiger partial charge in [0.1, 0.15) is 24.7 Å². The summed E-state index contributed by atoms with van der Waals surface area (Å²) in [5.41, 5.74) is 3.51. The highest BCUT2D eigenvalue weighted by atomic mass is 35.5. The topological polar surface area (TPSA) is 71.1 Å². The van der Waals surface area contributed by atoms with E-state index < -0.39 is 0 Å². The van der Waals surface area contributed by atoms with E-state index in [2.05, 4.69) is 5.32 Å². The molecule has 2 heterocycles. The van der Waals surface area contributed by atoms with Gasteiger partial charge in [-0.25, -0.2) is 0 Å². The molecule has 3 aromatic rings. The SMILES string of the molecule is CC(=O)N1C[C@H]2CC(c3ccc(OCCOc4ccc(Cl)cc4)cc3)=C(C(=O)N(Cc3cccc(Cl)c3Cl)C3CC3)[C@@H](C1)N2. The van der Waals surface area contributed by atoms with Gasteiger partial charge in [0, 0.05) is 49.2 Å². The fourth-order valence-corrected chi connectivity index (χ4v) is 6.49. The van der Waals surface area contributed by atoms with Gasteiger partial charge in [-0.05, 0) is 78.4 Å². The van der Waals surface area contributed by atoms with Gasteiger partial charge in [-0.15, -0.1) is 0 Å². The first-order valence-electron chi connectivity index (χ1n) is 14.9. The monoisotopic (exact) mass is 653 g/mol. The Bertz CT molecular complexity index is 1560. The van der Waals surface area contributed by atoms with Crippen LogP contribution in [0.25, 0.3) is 5.57 Å². The predicted molar refractivity (Wildman–Crippen MR) is 173 cm³/mol. The van der Waals surface area contributed by atoms with Crippen LogP contribution >= 0.6 is 34.8 Å². The van der Waals surface area contributed by atoms with E-state index in [4.69, 9.17) is 44.3 Å². The number of nitrogens with one attached hydrogen (secondary N) is 1. The first-order valence-corrected chi connectivity index (χ1v) is 16.0. The molecule has 2 fully saturated rings. The van der Waals surface area contributed by atoms with Gasteiger partial charge in [-0.3, -0.25) is 9.59 Å². The first-order chi connectivity index (χ1) is 21.3. The predicted octanol–water partition coefficient (Wildman–Crippen LogP) is 6.64. The molecule has 1 N–H and O–H groups in total. The Morgan fingerprint density at radius 1 is 0.909 bits per heavy atom. The zero-order valence-corrected chi connectivity index (χ0v) is 26.7. The van der Waals surface area contributed by atoms with Gasteiger partial charge >= 0.3 is 0 Å². The molecule has 3 aliphatic rings. The van der Waals surface area contributed by atoms with Crippen LogP contribution in [0.2, 0.25) is 15.1 Å². The van der Waals surface area contributed by atoms with Crippen molar-refractivity contribution in [3.05, 3.63) is 98.5 Å². The van der Waals surface area contributed by atoms with Crippen molar-refractivity contribution in [2.75, 3.05) is 26.3 Å². The molecule has 10 heteroatoms. The molecule has 0 unspecified atom stereocenters. The Morgan fingerprint density at radius 2 is 1.57 bits per heavy atom. The lowest BCUT2D eigenvalue weighted by molar-refractivity contribution is -0.132. The summed E-state index contributed by atoms with van der Waals surface area (Å²) in [4.78, 5) is 30.7. The number of halogens is 3. The zero-order chi connectivity index (χ0) is 30.8. The molecule has 6 rings (SSSR count). The molecule has 2 aliphatic heterocycles. The van der Waals surface area contributed by atoms with Crippen LogP contribution in [0.3, 0.4) is 0 Å². The summed E-state index contributed by atoms with van der Waals surface area (Å²) in [5, 5.41) is 5.24. The van der Waals surface area contributed by atoms with Gasteiger partial charge in [0.2, 0.25) is 5.91 Å². The number of hydrogen-bond acceptors (Lipinski definition) is 5. The maximum atomic E-state index is 14.5. The van der Waals surface area contributed by atoms with Crippen molar-refractivity contribution in [1.82, 2.24) is 15.1 Å². The highest BCUT2D eigenvalue weighted by molar-refractivity contribution is 6.42. The van der Waals surface area contributed by atoms with Crippen LogP contribution in [-0.4, -0.2) is 66.0 Å². The van der Waals surface area contributed by atoms with Crippen LogP contribution in [0.15, 0.2) is 72.3 Å². The van der Waals surface area contributed by atoms with Crippen LogP contribution in [0.4, 0.5) is 0 Å². The molecular weight excluding hydrogens is 621 g/mol. The van der Waals surface area contributed by atoms with Gasteiger partial charge in [-0.2, -0.15) is 0 Å². The minimum atomic E-state index is -0.272. The second-order valence-electron chi connectivity index (χ2n) is 11.5. The van der Waals surface area contributed by atoms with E-state index >= 15 is 0 Å². The molecule has 0 spiro atoms. The standard InChI is InChI=1S/C34H34Cl3N3O4/c1-21(41)39-19-25-17-29(22-5-11-27(12-6-22)43-15-16-44-28-13-7-24(35)8-14-28)32(31(20-39)38-25)34(42)40(26-9-10-26)18-23-3-2-4-30(36)33(23)37/h2-8,11-14,25-26,31,38H,9-10,15-20H2,1H3/t25-,31-/m1/s1. The lowest BCUT2D eigenvalue weighted by Gasteiger charge is -2.44. The molecule has 0 aromatic heterocycles. The van der Waals surface area contributed by atoms with Gasteiger partial charge in [0.15, 0.2) is 0 Å². The zero-order valence-electron chi connectivity index (χ0n) is 24.4. The van der Waals surface area contributed by atoms with E-state index in [9.17, 15) is 9.59 Å². The lowest BCUT2D eigenvalue weighted by atomic mass is 9.82. The van der Waals surface area contributed by atoms with Crippen molar-refractivity contribution in [3.63, 3.8) is 0 Å². The van der Waals surface area contributed by atoms with Crippen molar-refractivity contribution < 1.29 is 19.1 Å². The van der Waals surface area contributed by atoms with E-state index in [1.165, 1.54) is 0 Å². The minimum Gasteiger partial charge on any atom is -0.490 e. The molecule has 1 saturated heterocycles. The van der Waals surface area contributed by atoms with Crippen molar-refractivity contribution in [2.45, 2.75) is 50.9 Å². The van der Waals surface area contributed by atoms with Crippen molar-refractivity contribution in [1.29, 1.82) is 0 Å². The smallest absolute Gasteiger partial charge is 0.252 e. The van der Waals surface area contributed by atoms with E-state index in [-0.39, 0.29) is 29.9 Å². The Labute approximate surface area is 272 Å². The molecule has 7 nitrogen and oxygen atoms in total. The Kier molecular flexibility index (Phi) is 9.38. The quantitative estimate of drug-likeness (QED) is 0.248. The number of amides is 2. The van der Waals surface area contributed by atoms with E-state index in [1.807, 2.05) is 58.3 Å². The Morgan fingerprint density at radius 3 is 2.20 bits per heavy atom. The van der Waals surface area contributed by atoms with E-state index in [0.717, 1.165) is 35.3 Å². The van der Waals surface area contributed by atoms with Gasteiger partial charge in [0.05, 0.1) is 16.1 Å². The average Bonchev–Trinajstić information content (AvgIpc) is 3.86. The highest BCUT2D eigenvalue weighted by Crippen LogP contribution is 2.38. The van der Waals surface area contributed by atoms with Gasteiger partial charge in [0.25, 0.3) is 5.91 Å². The molecular formula is C34H34Cl3N3O4. The number of carbonyl (C=O) groups is 2. The third-order valence-corrected chi connectivity index (χ3v) is 9.45. The largest absolute Gasteiger partial charge is 0.490 e. The third kappa shape index (κ3) is 7.02. The van der Waals surface area contributed by atoms with Crippen LogP contribution in [-0.2, 0) is 16.1 Å². The summed E-state index contributed by atoms with van der Waals surface area (Å²) in [7, 11) is 0. The summed E-state index contributed by atoms with van der Waals surface area (Å²) in [6, 6.07) is 20.5. The van der Waals surface area contributed by atoms with Crippen LogP contribution in [0.1, 0.15) is 37.3 Å². The van der Waals surface area contributed by atoms with E-state index in [1.54, 1.807) is 25.1 Å². The van der Waals surface area contributed by atoms with Crippen molar-refractivity contribution in [3.8, 4) is 11.5 Å². The van der Waals surface area contributed by atoms with Crippen LogP contribution in [0.5, 0.6) is 11.5 Å². The molecule has 1 saturated carbocycles. The molecule has 2 amide bonds. The molecule has 2 bridgehead atoms. The lowest BCUT2D eigenvalue weighted by Crippen LogP contribution is -2.61. The Balaban J connectivity index is 1.24.